The molecule has 1 heterocycles. The average Bonchev–Trinajstić information content (AvgIpc) is 2.48. The molecule has 1 rings (SSSR count). The third kappa shape index (κ3) is 2.24. The number of hydrogen-bond acceptors (Lipinski definition) is 2. The van der Waals surface area contributed by atoms with Crippen LogP contribution in [0.25, 0.3) is 0 Å². The minimum atomic E-state index is -0.638. The molecule has 0 amide bonds. The molecule has 1 aliphatic rings. The summed E-state index contributed by atoms with van der Waals surface area (Å²) in [7, 11) is 2.13. The molecule has 2 N–H and O–H groups in total. The van der Waals surface area contributed by atoms with E-state index in [4.69, 9.17) is 5.11 Å². The first-order valence-corrected chi connectivity index (χ1v) is 4.72. The highest BCUT2D eigenvalue weighted by Gasteiger charge is 2.31. The molecule has 0 aliphatic carbocycles. The van der Waals surface area contributed by atoms with E-state index in [2.05, 4.69) is 13.2 Å². The summed E-state index contributed by atoms with van der Waals surface area (Å²) < 4.78 is 0. The van der Waals surface area contributed by atoms with E-state index in [1.807, 2.05) is 0 Å². The van der Waals surface area contributed by atoms with Crippen LogP contribution in [0.15, 0.2) is 0 Å². The molecule has 12 heavy (non-hydrogen) atoms. The summed E-state index contributed by atoms with van der Waals surface area (Å²) in [5.41, 5.74) is 0. The van der Waals surface area contributed by atoms with Crippen LogP contribution in [0.5, 0.6) is 0 Å². The van der Waals surface area contributed by atoms with Crippen molar-refractivity contribution in [2.24, 2.45) is 5.92 Å². The van der Waals surface area contributed by atoms with E-state index in [-0.39, 0.29) is 12.0 Å². The Labute approximate surface area is 73.9 Å². The molecule has 0 bridgehead atoms. The fraction of sp³-hybridized carbons (Fsp3) is 0.875. The first-order chi connectivity index (χ1) is 5.75. The van der Waals surface area contributed by atoms with Gasteiger partial charge in [0, 0.05) is 6.04 Å². The molecular weight excluding hydrogens is 153 g/mol. The van der Waals surface area contributed by atoms with Gasteiger partial charge in [0.15, 0.2) is 0 Å². The number of carboxylic acids is 1. The van der Waals surface area contributed by atoms with Crippen LogP contribution in [0.3, 0.4) is 0 Å². The van der Waals surface area contributed by atoms with Crippen molar-refractivity contribution in [1.82, 2.24) is 5.32 Å². The fourth-order valence-electron chi connectivity index (χ4n) is 1.79. The van der Waals surface area contributed by atoms with Crippen molar-refractivity contribution in [1.29, 1.82) is 0 Å². The van der Waals surface area contributed by atoms with Gasteiger partial charge in [0.05, 0.1) is 5.92 Å². The molecular formula is C8H16BNO2. The van der Waals surface area contributed by atoms with Gasteiger partial charge in [-0.15, -0.1) is 0 Å². The lowest BCUT2D eigenvalue weighted by Gasteiger charge is -2.14. The van der Waals surface area contributed by atoms with Gasteiger partial charge in [-0.3, -0.25) is 4.79 Å². The molecule has 3 nitrogen and oxygen atoms in total. The number of aliphatic carboxylic acids is 1. The molecule has 0 radical (unpaired) electrons. The summed E-state index contributed by atoms with van der Waals surface area (Å²) in [6.07, 6.45) is 4.07. The molecule has 68 valence electrons. The van der Waals surface area contributed by atoms with E-state index in [0.29, 0.717) is 0 Å². The molecule has 0 saturated carbocycles. The Balaban J connectivity index is 2.35. The van der Waals surface area contributed by atoms with Gasteiger partial charge in [0.25, 0.3) is 0 Å². The second-order valence-corrected chi connectivity index (χ2v) is 3.44. The highest BCUT2D eigenvalue weighted by atomic mass is 16.4. The molecule has 0 aromatic heterocycles. The summed E-state index contributed by atoms with van der Waals surface area (Å²) in [6.45, 7) is 0.866. The topological polar surface area (TPSA) is 49.3 Å². The van der Waals surface area contributed by atoms with Gasteiger partial charge in [-0.2, -0.15) is 0 Å². The maximum atomic E-state index is 10.7. The van der Waals surface area contributed by atoms with Crippen LogP contribution >= 0.6 is 0 Å². The van der Waals surface area contributed by atoms with Crippen LogP contribution in [0, 0.1) is 5.92 Å². The quantitative estimate of drug-likeness (QED) is 0.577. The van der Waals surface area contributed by atoms with E-state index in [1.54, 1.807) is 0 Å². The Morgan fingerprint density at radius 2 is 2.42 bits per heavy atom. The minimum Gasteiger partial charge on any atom is -0.481 e. The molecule has 0 aromatic carbocycles. The largest absolute Gasteiger partial charge is 0.481 e. The zero-order valence-corrected chi connectivity index (χ0v) is 7.55. The summed E-state index contributed by atoms with van der Waals surface area (Å²) in [4.78, 5) is 10.7. The summed E-state index contributed by atoms with van der Waals surface area (Å²) in [5, 5.41) is 12.1. The number of carbonyl (C=O) groups is 1. The van der Waals surface area contributed by atoms with Crippen LogP contribution < -0.4 is 5.32 Å². The zero-order valence-electron chi connectivity index (χ0n) is 7.55. The van der Waals surface area contributed by atoms with Crippen LogP contribution in [-0.2, 0) is 4.79 Å². The average molecular weight is 169 g/mol. The van der Waals surface area contributed by atoms with Crippen LogP contribution in [-0.4, -0.2) is 31.5 Å². The van der Waals surface area contributed by atoms with Gasteiger partial charge >= 0.3 is 5.97 Å². The Morgan fingerprint density at radius 3 is 3.00 bits per heavy atom. The number of carboxylic acid groups (broad SMARTS) is 1. The summed E-state index contributed by atoms with van der Waals surface area (Å²) in [5.74, 6) is -0.780. The summed E-state index contributed by atoms with van der Waals surface area (Å²) in [6, 6.07) is 0.224. The molecule has 1 fully saturated rings. The minimum absolute atomic E-state index is 0.142. The zero-order chi connectivity index (χ0) is 8.97. The van der Waals surface area contributed by atoms with E-state index in [0.717, 1.165) is 32.1 Å². The van der Waals surface area contributed by atoms with Gasteiger partial charge in [0.2, 0.25) is 0 Å². The van der Waals surface area contributed by atoms with Crippen molar-refractivity contribution in [2.75, 3.05) is 6.54 Å². The third-order valence-electron chi connectivity index (χ3n) is 2.53. The second-order valence-electron chi connectivity index (χ2n) is 3.44. The SMILES string of the molecule is BCCC[C@H]1NCC[C@H]1C(=O)O. The third-order valence-corrected chi connectivity index (χ3v) is 2.53. The lowest BCUT2D eigenvalue weighted by atomic mass is 9.92. The molecule has 0 aromatic rings. The maximum absolute atomic E-state index is 10.7. The lowest BCUT2D eigenvalue weighted by Crippen LogP contribution is -2.31. The van der Waals surface area contributed by atoms with E-state index < -0.39 is 5.97 Å². The van der Waals surface area contributed by atoms with Crippen molar-refractivity contribution >= 4 is 13.8 Å². The number of rotatable bonds is 4. The standard InChI is InChI=1S/C8H16BNO2/c9-4-1-2-7-6(8(11)12)3-5-10-7/h6-7,10H,1-5,9H2,(H,11,12)/t6-,7-/m1/s1. The Kier molecular flexibility index (Phi) is 3.60. The van der Waals surface area contributed by atoms with Gasteiger partial charge in [-0.1, -0.05) is 12.7 Å². The highest BCUT2D eigenvalue weighted by molar-refractivity contribution is 6.08. The highest BCUT2D eigenvalue weighted by Crippen LogP contribution is 2.19. The smallest absolute Gasteiger partial charge is 0.308 e. The van der Waals surface area contributed by atoms with Crippen molar-refractivity contribution in [3.05, 3.63) is 0 Å². The van der Waals surface area contributed by atoms with Crippen molar-refractivity contribution in [3.63, 3.8) is 0 Å². The first kappa shape index (κ1) is 9.58. The monoisotopic (exact) mass is 169 g/mol. The molecule has 1 aliphatic heterocycles. The van der Waals surface area contributed by atoms with Gasteiger partial charge in [-0.05, 0) is 19.4 Å². The number of nitrogens with one attached hydrogen (secondary N) is 1. The van der Waals surface area contributed by atoms with Crippen molar-refractivity contribution in [2.45, 2.75) is 31.6 Å². The molecule has 0 unspecified atom stereocenters. The van der Waals surface area contributed by atoms with Crippen molar-refractivity contribution in [3.8, 4) is 0 Å². The molecule has 2 atom stereocenters. The predicted molar refractivity (Wildman–Crippen MR) is 50.1 cm³/mol. The van der Waals surface area contributed by atoms with Gasteiger partial charge < -0.3 is 10.4 Å². The normalized spacial score (nSPS) is 29.0. The predicted octanol–water partition coefficient (Wildman–Crippen LogP) is -0.119. The number of hydrogen-bond donors (Lipinski definition) is 2. The van der Waals surface area contributed by atoms with Crippen LogP contribution in [0.2, 0.25) is 6.32 Å². The van der Waals surface area contributed by atoms with Crippen LogP contribution in [0.1, 0.15) is 19.3 Å². The maximum Gasteiger partial charge on any atom is 0.308 e. The molecule has 0 spiro atoms. The van der Waals surface area contributed by atoms with Gasteiger partial charge in [0.1, 0.15) is 7.85 Å². The van der Waals surface area contributed by atoms with E-state index >= 15 is 0 Å². The summed E-state index contributed by atoms with van der Waals surface area (Å²) >= 11 is 0. The lowest BCUT2D eigenvalue weighted by molar-refractivity contribution is -0.142. The van der Waals surface area contributed by atoms with E-state index in [9.17, 15) is 4.79 Å². The molecule has 1 saturated heterocycles. The Hall–Kier alpha value is -0.505. The van der Waals surface area contributed by atoms with Crippen LogP contribution in [0.4, 0.5) is 0 Å². The van der Waals surface area contributed by atoms with Gasteiger partial charge in [-0.25, -0.2) is 0 Å². The second kappa shape index (κ2) is 4.50. The first-order valence-electron chi connectivity index (χ1n) is 4.72. The Morgan fingerprint density at radius 1 is 1.67 bits per heavy atom. The Bertz CT molecular complexity index is 163. The fourth-order valence-corrected chi connectivity index (χ4v) is 1.79. The molecule has 4 heteroatoms. The van der Waals surface area contributed by atoms with E-state index in [1.165, 1.54) is 0 Å². The van der Waals surface area contributed by atoms with Crippen molar-refractivity contribution < 1.29 is 9.90 Å².